The van der Waals surface area contributed by atoms with Crippen molar-refractivity contribution in [1.29, 1.82) is 0 Å². The number of rotatable bonds is 7. The largest absolute Gasteiger partial charge is 0.326 e. The van der Waals surface area contributed by atoms with Crippen LogP contribution in [0.2, 0.25) is 0 Å². The number of carbonyl (C=O) groups excluding carboxylic acids is 1. The van der Waals surface area contributed by atoms with Gasteiger partial charge in [-0.25, -0.2) is 0 Å². The molecule has 0 radical (unpaired) electrons. The molecule has 132 valence electrons. The maximum Gasteiger partial charge on any atom is 0.228 e. The molecule has 0 saturated carbocycles. The summed E-state index contributed by atoms with van der Waals surface area (Å²) in [5.41, 5.74) is 2.22. The molecule has 23 heavy (non-hydrogen) atoms. The summed E-state index contributed by atoms with van der Waals surface area (Å²) in [4.78, 5) is 14.5. The molecule has 0 aliphatic carbocycles. The van der Waals surface area contributed by atoms with Gasteiger partial charge in [0.2, 0.25) is 5.91 Å². The SMILES string of the molecule is CNCC(C)C(=O)Nc1ccc(CCN2CCCC2)cc1.Cl.Cl. The van der Waals surface area contributed by atoms with E-state index in [2.05, 4.69) is 27.7 Å². The highest BCUT2D eigenvalue weighted by Crippen LogP contribution is 2.13. The van der Waals surface area contributed by atoms with Crippen LogP contribution in [0.3, 0.4) is 0 Å². The number of likely N-dealkylation sites (tertiary alicyclic amines) is 1. The van der Waals surface area contributed by atoms with Gasteiger partial charge in [0, 0.05) is 24.7 Å². The summed E-state index contributed by atoms with van der Waals surface area (Å²) in [6, 6.07) is 8.25. The molecule has 2 N–H and O–H groups in total. The number of nitrogens with one attached hydrogen (secondary N) is 2. The first kappa shape index (κ1) is 22.2. The number of anilines is 1. The first-order chi connectivity index (χ1) is 10.2. The number of benzene rings is 1. The Bertz CT molecular complexity index is 448. The Morgan fingerprint density at radius 3 is 2.35 bits per heavy atom. The monoisotopic (exact) mass is 361 g/mol. The lowest BCUT2D eigenvalue weighted by atomic mass is 10.1. The number of nitrogens with zero attached hydrogens (tertiary/aromatic N) is 1. The van der Waals surface area contributed by atoms with Crippen molar-refractivity contribution in [3.63, 3.8) is 0 Å². The van der Waals surface area contributed by atoms with Crippen molar-refractivity contribution in [2.45, 2.75) is 26.2 Å². The van der Waals surface area contributed by atoms with E-state index in [4.69, 9.17) is 0 Å². The second-order valence-corrected chi connectivity index (χ2v) is 5.94. The number of carbonyl (C=O) groups is 1. The Hall–Kier alpha value is -0.810. The fraction of sp³-hybridized carbons (Fsp3) is 0.588. The predicted molar refractivity (Wildman–Crippen MR) is 102 cm³/mol. The van der Waals surface area contributed by atoms with Crippen molar-refractivity contribution in [3.8, 4) is 0 Å². The van der Waals surface area contributed by atoms with Crippen LogP contribution in [0.15, 0.2) is 24.3 Å². The quantitative estimate of drug-likeness (QED) is 0.784. The van der Waals surface area contributed by atoms with E-state index in [1.165, 1.54) is 31.5 Å². The van der Waals surface area contributed by atoms with Gasteiger partial charge in [0.15, 0.2) is 0 Å². The van der Waals surface area contributed by atoms with Gasteiger partial charge in [-0.05, 0) is 57.1 Å². The topological polar surface area (TPSA) is 44.4 Å². The van der Waals surface area contributed by atoms with E-state index in [9.17, 15) is 4.79 Å². The highest BCUT2D eigenvalue weighted by molar-refractivity contribution is 5.92. The van der Waals surface area contributed by atoms with E-state index in [0.717, 1.165) is 18.7 Å². The molecule has 1 atom stereocenters. The lowest BCUT2D eigenvalue weighted by Crippen LogP contribution is -2.28. The lowest BCUT2D eigenvalue weighted by Gasteiger charge is -2.15. The molecule has 1 unspecified atom stereocenters. The zero-order valence-corrected chi connectivity index (χ0v) is 15.6. The Kier molecular flexibility index (Phi) is 11.3. The predicted octanol–water partition coefficient (Wildman–Crippen LogP) is 2.96. The summed E-state index contributed by atoms with van der Waals surface area (Å²) in [7, 11) is 1.86. The second-order valence-electron chi connectivity index (χ2n) is 5.94. The molecule has 0 spiro atoms. The summed E-state index contributed by atoms with van der Waals surface area (Å²) in [5, 5.41) is 5.98. The highest BCUT2D eigenvalue weighted by Gasteiger charge is 2.12. The molecule has 6 heteroatoms. The first-order valence-corrected chi connectivity index (χ1v) is 7.96. The zero-order valence-electron chi connectivity index (χ0n) is 14.0. The molecular formula is C17H29Cl2N3O. The van der Waals surface area contributed by atoms with Crippen LogP contribution < -0.4 is 10.6 Å². The van der Waals surface area contributed by atoms with Gasteiger partial charge in [-0.3, -0.25) is 4.79 Å². The highest BCUT2D eigenvalue weighted by atomic mass is 35.5. The minimum absolute atomic E-state index is 0. The number of halogens is 2. The van der Waals surface area contributed by atoms with Crippen molar-refractivity contribution >= 4 is 36.4 Å². The summed E-state index contributed by atoms with van der Waals surface area (Å²) >= 11 is 0. The Morgan fingerprint density at radius 2 is 1.78 bits per heavy atom. The minimum Gasteiger partial charge on any atom is -0.326 e. The number of amides is 1. The van der Waals surface area contributed by atoms with Gasteiger partial charge in [0.25, 0.3) is 0 Å². The molecule has 1 aliphatic rings. The molecular weight excluding hydrogens is 333 g/mol. The van der Waals surface area contributed by atoms with E-state index in [1.807, 2.05) is 26.1 Å². The average molecular weight is 362 g/mol. The second kappa shape index (κ2) is 11.7. The van der Waals surface area contributed by atoms with Crippen molar-refractivity contribution in [2.24, 2.45) is 5.92 Å². The Balaban J connectivity index is 0.00000242. The normalized spacial score (nSPS) is 15.4. The van der Waals surface area contributed by atoms with E-state index >= 15 is 0 Å². The number of hydrogen-bond donors (Lipinski definition) is 2. The van der Waals surface area contributed by atoms with Gasteiger partial charge in [-0.2, -0.15) is 0 Å². The maximum atomic E-state index is 11.9. The first-order valence-electron chi connectivity index (χ1n) is 7.96. The van der Waals surface area contributed by atoms with E-state index in [1.54, 1.807) is 0 Å². The summed E-state index contributed by atoms with van der Waals surface area (Å²) in [6.07, 6.45) is 3.77. The molecule has 4 nitrogen and oxygen atoms in total. The van der Waals surface area contributed by atoms with E-state index in [-0.39, 0.29) is 36.6 Å². The van der Waals surface area contributed by atoms with Crippen LogP contribution in [-0.2, 0) is 11.2 Å². The molecule has 0 bridgehead atoms. The van der Waals surface area contributed by atoms with Crippen molar-refractivity contribution in [3.05, 3.63) is 29.8 Å². The average Bonchev–Trinajstić information content (AvgIpc) is 3.00. The Morgan fingerprint density at radius 1 is 1.17 bits per heavy atom. The Labute approximate surface area is 152 Å². The molecule has 1 saturated heterocycles. The fourth-order valence-corrected chi connectivity index (χ4v) is 2.71. The fourth-order valence-electron chi connectivity index (χ4n) is 2.71. The van der Waals surface area contributed by atoms with Crippen LogP contribution in [-0.4, -0.2) is 44.0 Å². The van der Waals surface area contributed by atoms with Crippen LogP contribution in [0, 0.1) is 5.92 Å². The lowest BCUT2D eigenvalue weighted by molar-refractivity contribution is -0.119. The summed E-state index contributed by atoms with van der Waals surface area (Å²) in [5.74, 6) is 0.0407. The summed E-state index contributed by atoms with van der Waals surface area (Å²) < 4.78 is 0. The van der Waals surface area contributed by atoms with Crippen molar-refractivity contribution in [2.75, 3.05) is 38.5 Å². The molecule has 1 heterocycles. The van der Waals surface area contributed by atoms with Crippen LogP contribution in [0.5, 0.6) is 0 Å². The summed E-state index contributed by atoms with van der Waals surface area (Å²) in [6.45, 7) is 6.26. The zero-order chi connectivity index (χ0) is 15.1. The molecule has 1 fully saturated rings. The van der Waals surface area contributed by atoms with E-state index in [0.29, 0.717) is 6.54 Å². The van der Waals surface area contributed by atoms with Crippen molar-refractivity contribution in [1.82, 2.24) is 10.2 Å². The third kappa shape index (κ3) is 7.53. The van der Waals surface area contributed by atoms with Gasteiger partial charge in [0.1, 0.15) is 0 Å². The molecule has 0 aromatic heterocycles. The van der Waals surface area contributed by atoms with Gasteiger partial charge in [-0.1, -0.05) is 19.1 Å². The van der Waals surface area contributed by atoms with Gasteiger partial charge in [-0.15, -0.1) is 24.8 Å². The molecule has 2 rings (SSSR count). The molecule has 1 aromatic rings. The molecule has 1 aliphatic heterocycles. The van der Waals surface area contributed by atoms with Gasteiger partial charge in [0.05, 0.1) is 0 Å². The van der Waals surface area contributed by atoms with Crippen LogP contribution in [0.25, 0.3) is 0 Å². The molecule has 1 aromatic carbocycles. The van der Waals surface area contributed by atoms with Gasteiger partial charge < -0.3 is 15.5 Å². The van der Waals surface area contributed by atoms with Crippen molar-refractivity contribution < 1.29 is 4.79 Å². The van der Waals surface area contributed by atoms with Crippen LogP contribution in [0.1, 0.15) is 25.3 Å². The van der Waals surface area contributed by atoms with Gasteiger partial charge >= 0.3 is 0 Å². The molecule has 1 amide bonds. The standard InChI is InChI=1S/C17H27N3O.2ClH/c1-14(13-18-2)17(21)19-16-7-5-15(6-8-16)9-12-20-10-3-4-11-20;;/h5-8,14,18H,3-4,9-13H2,1-2H3,(H,19,21);2*1H. The van der Waals surface area contributed by atoms with Crippen LogP contribution >= 0.6 is 24.8 Å². The maximum absolute atomic E-state index is 11.9. The third-order valence-electron chi connectivity index (χ3n) is 4.09. The van der Waals surface area contributed by atoms with E-state index < -0.39 is 0 Å². The third-order valence-corrected chi connectivity index (χ3v) is 4.09. The smallest absolute Gasteiger partial charge is 0.228 e. The minimum atomic E-state index is -0.0233. The van der Waals surface area contributed by atoms with Crippen LogP contribution in [0.4, 0.5) is 5.69 Å². The number of hydrogen-bond acceptors (Lipinski definition) is 3.